The molecule has 0 atom stereocenters. The van der Waals surface area contributed by atoms with Crippen molar-refractivity contribution in [3.8, 4) is 0 Å². The molecule has 0 saturated carbocycles. The molecule has 3 nitrogen and oxygen atoms in total. The fraction of sp³-hybridized carbons (Fsp3) is 0.571. The Labute approximate surface area is 117 Å². The molecule has 0 aliphatic heterocycles. The quantitative estimate of drug-likeness (QED) is 0.710. The second-order valence-corrected chi connectivity index (χ2v) is 4.57. The Kier molecular flexibility index (Phi) is 7.58. The first-order valence-corrected chi connectivity index (χ1v) is 6.62. The zero-order valence-corrected chi connectivity index (χ0v) is 11.4. The van der Waals surface area contributed by atoms with Crippen LogP contribution in [-0.2, 0) is 11.3 Å². The lowest BCUT2D eigenvalue weighted by atomic mass is 10.2. The SMILES string of the molecule is NCCCN(CCOCC(F)(F)F)Cc1ccccc1. The largest absolute Gasteiger partial charge is 0.411 e. The van der Waals surface area contributed by atoms with Gasteiger partial charge in [0, 0.05) is 13.1 Å². The second-order valence-electron chi connectivity index (χ2n) is 4.57. The molecule has 2 N–H and O–H groups in total. The maximum absolute atomic E-state index is 12.0. The lowest BCUT2D eigenvalue weighted by Crippen LogP contribution is -2.30. The molecule has 6 heteroatoms. The van der Waals surface area contributed by atoms with Gasteiger partial charge in [0.2, 0.25) is 0 Å². The number of halogens is 3. The number of alkyl halides is 3. The second kappa shape index (κ2) is 8.94. The van der Waals surface area contributed by atoms with E-state index in [1.807, 2.05) is 30.3 Å². The van der Waals surface area contributed by atoms with Gasteiger partial charge in [-0.1, -0.05) is 30.3 Å². The van der Waals surface area contributed by atoms with E-state index in [4.69, 9.17) is 5.73 Å². The fourth-order valence-corrected chi connectivity index (χ4v) is 1.81. The van der Waals surface area contributed by atoms with Crippen LogP contribution in [-0.4, -0.2) is 43.9 Å². The van der Waals surface area contributed by atoms with E-state index in [2.05, 4.69) is 9.64 Å². The van der Waals surface area contributed by atoms with E-state index < -0.39 is 12.8 Å². The highest BCUT2D eigenvalue weighted by molar-refractivity contribution is 5.14. The summed E-state index contributed by atoms with van der Waals surface area (Å²) in [5, 5.41) is 0. The minimum atomic E-state index is -4.26. The van der Waals surface area contributed by atoms with Crippen molar-refractivity contribution < 1.29 is 17.9 Å². The van der Waals surface area contributed by atoms with Crippen molar-refractivity contribution >= 4 is 0 Å². The van der Waals surface area contributed by atoms with Crippen LogP contribution in [0.1, 0.15) is 12.0 Å². The standard InChI is InChI=1S/C14H21F3N2O/c15-14(16,17)12-20-10-9-19(8-4-7-18)11-13-5-2-1-3-6-13/h1-3,5-6H,4,7-12,18H2. The van der Waals surface area contributed by atoms with Crippen LogP contribution in [0.5, 0.6) is 0 Å². The number of hydrogen-bond donors (Lipinski definition) is 1. The van der Waals surface area contributed by atoms with Crippen molar-refractivity contribution in [2.75, 3.05) is 32.8 Å². The molecule has 0 heterocycles. The molecule has 1 aromatic carbocycles. The van der Waals surface area contributed by atoms with E-state index >= 15 is 0 Å². The summed E-state index contributed by atoms with van der Waals surface area (Å²) in [6, 6.07) is 9.80. The third-order valence-electron chi connectivity index (χ3n) is 2.75. The van der Waals surface area contributed by atoms with Crippen LogP contribution in [0.25, 0.3) is 0 Å². The highest BCUT2D eigenvalue weighted by atomic mass is 19.4. The predicted molar refractivity (Wildman–Crippen MR) is 72.3 cm³/mol. The van der Waals surface area contributed by atoms with Gasteiger partial charge < -0.3 is 10.5 Å². The Morgan fingerprint density at radius 2 is 1.80 bits per heavy atom. The molecule has 1 aromatic rings. The number of nitrogens with zero attached hydrogens (tertiary/aromatic N) is 1. The summed E-state index contributed by atoms with van der Waals surface area (Å²) in [6.45, 7) is 1.34. The Morgan fingerprint density at radius 1 is 1.10 bits per heavy atom. The molecule has 0 fully saturated rings. The third-order valence-corrected chi connectivity index (χ3v) is 2.75. The summed E-state index contributed by atoms with van der Waals surface area (Å²) in [4.78, 5) is 2.05. The molecule has 20 heavy (non-hydrogen) atoms. The first kappa shape index (κ1) is 16.9. The van der Waals surface area contributed by atoms with Gasteiger partial charge in [0.05, 0.1) is 6.61 Å². The van der Waals surface area contributed by atoms with E-state index in [-0.39, 0.29) is 6.61 Å². The summed E-state index contributed by atoms with van der Waals surface area (Å²) in [6.07, 6.45) is -3.45. The first-order valence-electron chi connectivity index (χ1n) is 6.62. The van der Waals surface area contributed by atoms with E-state index in [0.717, 1.165) is 18.5 Å². The van der Waals surface area contributed by atoms with Crippen molar-refractivity contribution in [3.63, 3.8) is 0 Å². The van der Waals surface area contributed by atoms with Gasteiger partial charge in [0.25, 0.3) is 0 Å². The first-order chi connectivity index (χ1) is 9.51. The molecule has 1 rings (SSSR count). The monoisotopic (exact) mass is 290 g/mol. The van der Waals surface area contributed by atoms with E-state index in [9.17, 15) is 13.2 Å². The maximum atomic E-state index is 12.0. The lowest BCUT2D eigenvalue weighted by Gasteiger charge is -2.22. The van der Waals surface area contributed by atoms with Gasteiger partial charge in [-0.25, -0.2) is 0 Å². The van der Waals surface area contributed by atoms with Crippen molar-refractivity contribution in [2.45, 2.75) is 19.1 Å². The number of hydrogen-bond acceptors (Lipinski definition) is 3. The molecule has 0 bridgehead atoms. The van der Waals surface area contributed by atoms with Crippen LogP contribution in [0.3, 0.4) is 0 Å². The van der Waals surface area contributed by atoms with E-state index in [0.29, 0.717) is 19.6 Å². The summed E-state index contributed by atoms with van der Waals surface area (Å²) in [5.41, 5.74) is 6.60. The molecule has 0 spiro atoms. The zero-order chi connectivity index (χ0) is 14.8. The Bertz CT molecular complexity index is 357. The summed E-state index contributed by atoms with van der Waals surface area (Å²) >= 11 is 0. The van der Waals surface area contributed by atoms with Gasteiger partial charge in [0.15, 0.2) is 0 Å². The molecule has 0 aromatic heterocycles. The topological polar surface area (TPSA) is 38.5 Å². The minimum Gasteiger partial charge on any atom is -0.371 e. The fourth-order valence-electron chi connectivity index (χ4n) is 1.81. The van der Waals surface area contributed by atoms with Gasteiger partial charge in [-0.15, -0.1) is 0 Å². The maximum Gasteiger partial charge on any atom is 0.411 e. The van der Waals surface area contributed by atoms with Crippen molar-refractivity contribution in [3.05, 3.63) is 35.9 Å². The van der Waals surface area contributed by atoms with Crippen LogP contribution in [0, 0.1) is 0 Å². The highest BCUT2D eigenvalue weighted by Crippen LogP contribution is 2.14. The highest BCUT2D eigenvalue weighted by Gasteiger charge is 2.27. The van der Waals surface area contributed by atoms with Crippen molar-refractivity contribution in [1.29, 1.82) is 0 Å². The summed E-state index contributed by atoms with van der Waals surface area (Å²) in [7, 11) is 0. The smallest absolute Gasteiger partial charge is 0.371 e. The van der Waals surface area contributed by atoms with Gasteiger partial charge in [0.1, 0.15) is 6.61 Å². The molecule has 0 amide bonds. The molecule has 0 saturated heterocycles. The molecule has 114 valence electrons. The summed E-state index contributed by atoms with van der Waals surface area (Å²) in [5.74, 6) is 0. The van der Waals surface area contributed by atoms with Gasteiger partial charge in [-0.3, -0.25) is 4.90 Å². The zero-order valence-electron chi connectivity index (χ0n) is 11.4. The Hall–Kier alpha value is -1.11. The normalized spacial score (nSPS) is 12.1. The third kappa shape index (κ3) is 8.14. The minimum absolute atomic E-state index is 0.0664. The molecular weight excluding hydrogens is 269 g/mol. The molecule has 0 unspecified atom stereocenters. The van der Waals surface area contributed by atoms with Crippen molar-refractivity contribution in [1.82, 2.24) is 4.90 Å². The molecule has 0 aliphatic rings. The Balaban J connectivity index is 2.36. The molecule has 0 aliphatic carbocycles. The molecule has 0 radical (unpaired) electrons. The Morgan fingerprint density at radius 3 is 2.40 bits per heavy atom. The summed E-state index contributed by atoms with van der Waals surface area (Å²) < 4.78 is 40.6. The molecular formula is C14H21F3N2O. The van der Waals surface area contributed by atoms with E-state index in [1.165, 1.54) is 0 Å². The van der Waals surface area contributed by atoms with Crippen molar-refractivity contribution in [2.24, 2.45) is 5.73 Å². The van der Waals surface area contributed by atoms with E-state index in [1.54, 1.807) is 0 Å². The van der Waals surface area contributed by atoms with Crippen LogP contribution in [0.2, 0.25) is 0 Å². The number of ether oxygens (including phenoxy) is 1. The van der Waals surface area contributed by atoms with Crippen LogP contribution < -0.4 is 5.73 Å². The average Bonchev–Trinajstić information content (AvgIpc) is 2.40. The number of nitrogens with two attached hydrogens (primary N) is 1. The van der Waals surface area contributed by atoms with Crippen LogP contribution >= 0.6 is 0 Å². The van der Waals surface area contributed by atoms with Crippen LogP contribution in [0.4, 0.5) is 13.2 Å². The predicted octanol–water partition coefficient (Wildman–Crippen LogP) is 2.42. The number of benzene rings is 1. The van der Waals surface area contributed by atoms with Gasteiger partial charge in [-0.2, -0.15) is 13.2 Å². The van der Waals surface area contributed by atoms with Gasteiger partial charge >= 0.3 is 6.18 Å². The lowest BCUT2D eigenvalue weighted by molar-refractivity contribution is -0.174. The van der Waals surface area contributed by atoms with Gasteiger partial charge in [-0.05, 0) is 25.1 Å². The number of rotatable bonds is 9. The van der Waals surface area contributed by atoms with Crippen LogP contribution in [0.15, 0.2) is 30.3 Å². The average molecular weight is 290 g/mol.